The van der Waals surface area contributed by atoms with E-state index in [0.29, 0.717) is 5.11 Å². The summed E-state index contributed by atoms with van der Waals surface area (Å²) in [5.74, 6) is 0. The summed E-state index contributed by atoms with van der Waals surface area (Å²) in [5, 5.41) is 7.36. The van der Waals surface area contributed by atoms with Gasteiger partial charge in [0, 0.05) is 29.8 Å². The summed E-state index contributed by atoms with van der Waals surface area (Å²) in [6.45, 7) is 4.39. The molecule has 1 saturated heterocycles. The third-order valence-electron chi connectivity index (χ3n) is 4.13. The molecule has 0 unspecified atom stereocenters. The molecule has 2 aromatic rings. The first-order valence-corrected chi connectivity index (χ1v) is 9.59. The highest BCUT2D eigenvalue weighted by atomic mass is 79.9. The van der Waals surface area contributed by atoms with Crippen molar-refractivity contribution in [1.29, 1.82) is 0 Å². The molecule has 0 amide bonds. The number of morpholine rings is 1. The second-order valence-corrected chi connectivity index (χ2v) is 7.31. The Morgan fingerprint density at radius 2 is 1.88 bits per heavy atom. The molecule has 0 aromatic heterocycles. The Kier molecular flexibility index (Phi) is 6.81. The maximum absolute atomic E-state index is 5.54. The topological polar surface area (TPSA) is 36.5 Å². The van der Waals surface area contributed by atoms with E-state index in [1.807, 2.05) is 30.3 Å². The van der Waals surface area contributed by atoms with Gasteiger partial charge >= 0.3 is 0 Å². The van der Waals surface area contributed by atoms with E-state index in [4.69, 9.17) is 17.0 Å². The average molecular weight is 420 g/mol. The maximum atomic E-state index is 5.54. The SMILES string of the molecule is S=C(Nc1cccc(Br)c1)N[C@@H](CN1CCOCC1)c1ccccc1. The fourth-order valence-corrected chi connectivity index (χ4v) is 3.51. The molecule has 1 fully saturated rings. The van der Waals surface area contributed by atoms with E-state index in [1.165, 1.54) is 5.56 Å². The van der Waals surface area contributed by atoms with E-state index in [9.17, 15) is 0 Å². The van der Waals surface area contributed by atoms with Crippen molar-refractivity contribution in [1.82, 2.24) is 10.2 Å². The van der Waals surface area contributed by atoms with E-state index >= 15 is 0 Å². The fourth-order valence-electron chi connectivity index (χ4n) is 2.85. The molecule has 2 N–H and O–H groups in total. The lowest BCUT2D eigenvalue weighted by Crippen LogP contribution is -2.44. The van der Waals surface area contributed by atoms with Crippen molar-refractivity contribution >= 4 is 38.9 Å². The summed E-state index contributed by atoms with van der Waals surface area (Å²) in [5.41, 5.74) is 2.19. The van der Waals surface area contributed by atoms with Crippen LogP contribution in [0, 0.1) is 0 Å². The highest BCUT2D eigenvalue weighted by molar-refractivity contribution is 9.10. The molecule has 3 rings (SSSR count). The molecule has 0 radical (unpaired) electrons. The molecule has 1 aliphatic heterocycles. The smallest absolute Gasteiger partial charge is 0.171 e. The number of thiocarbonyl (C=S) groups is 1. The van der Waals surface area contributed by atoms with Crippen LogP contribution in [0.3, 0.4) is 0 Å². The first-order chi connectivity index (χ1) is 12.2. The number of benzene rings is 2. The highest BCUT2D eigenvalue weighted by Crippen LogP contribution is 2.18. The zero-order chi connectivity index (χ0) is 17.5. The van der Waals surface area contributed by atoms with Crippen LogP contribution in [0.5, 0.6) is 0 Å². The van der Waals surface area contributed by atoms with E-state index in [2.05, 4.69) is 55.7 Å². The number of hydrogen-bond donors (Lipinski definition) is 2. The van der Waals surface area contributed by atoms with Crippen LogP contribution < -0.4 is 10.6 Å². The first kappa shape index (κ1) is 18.3. The lowest BCUT2D eigenvalue weighted by Gasteiger charge is -2.31. The van der Waals surface area contributed by atoms with Crippen molar-refractivity contribution in [2.45, 2.75) is 6.04 Å². The van der Waals surface area contributed by atoms with Crippen molar-refractivity contribution in [3.05, 3.63) is 64.6 Å². The van der Waals surface area contributed by atoms with Crippen LogP contribution in [0.25, 0.3) is 0 Å². The number of nitrogens with zero attached hydrogens (tertiary/aromatic N) is 1. The Balaban J connectivity index is 1.67. The molecule has 1 atom stereocenters. The van der Waals surface area contributed by atoms with Crippen LogP contribution in [0.1, 0.15) is 11.6 Å². The van der Waals surface area contributed by atoms with Crippen molar-refractivity contribution in [2.75, 3.05) is 38.2 Å². The number of anilines is 1. The fraction of sp³-hybridized carbons (Fsp3) is 0.316. The lowest BCUT2D eigenvalue weighted by atomic mass is 10.1. The van der Waals surface area contributed by atoms with Gasteiger partial charge in [-0.2, -0.15) is 0 Å². The van der Waals surface area contributed by atoms with Gasteiger partial charge in [-0.1, -0.05) is 52.3 Å². The Hall–Kier alpha value is -1.47. The van der Waals surface area contributed by atoms with Crippen molar-refractivity contribution in [3.63, 3.8) is 0 Å². The van der Waals surface area contributed by atoms with Gasteiger partial charge in [-0.25, -0.2) is 0 Å². The zero-order valence-corrected chi connectivity index (χ0v) is 16.4. The summed E-state index contributed by atoms with van der Waals surface area (Å²) < 4.78 is 6.48. The van der Waals surface area contributed by atoms with E-state index < -0.39 is 0 Å². The molecule has 1 aliphatic rings. The molecule has 2 aromatic carbocycles. The van der Waals surface area contributed by atoms with Crippen LogP contribution in [-0.4, -0.2) is 42.9 Å². The van der Waals surface area contributed by atoms with Crippen LogP contribution >= 0.6 is 28.1 Å². The maximum Gasteiger partial charge on any atom is 0.171 e. The van der Waals surface area contributed by atoms with E-state index in [-0.39, 0.29) is 6.04 Å². The van der Waals surface area contributed by atoms with Gasteiger partial charge in [0.2, 0.25) is 0 Å². The van der Waals surface area contributed by atoms with Gasteiger partial charge in [0.1, 0.15) is 0 Å². The Bertz CT molecular complexity index is 692. The average Bonchev–Trinajstić information content (AvgIpc) is 2.63. The lowest BCUT2D eigenvalue weighted by molar-refractivity contribution is 0.0344. The van der Waals surface area contributed by atoms with Gasteiger partial charge < -0.3 is 15.4 Å². The Morgan fingerprint density at radius 3 is 2.60 bits per heavy atom. The predicted octanol–water partition coefficient (Wildman–Crippen LogP) is 3.81. The molecule has 0 aliphatic carbocycles. The minimum absolute atomic E-state index is 0.131. The summed E-state index contributed by atoms with van der Waals surface area (Å²) in [6.07, 6.45) is 0. The van der Waals surface area contributed by atoms with Gasteiger partial charge in [0.05, 0.1) is 19.3 Å². The van der Waals surface area contributed by atoms with E-state index in [1.54, 1.807) is 0 Å². The van der Waals surface area contributed by atoms with Gasteiger partial charge in [0.25, 0.3) is 0 Å². The molecule has 6 heteroatoms. The van der Waals surface area contributed by atoms with Crippen LogP contribution in [-0.2, 0) is 4.74 Å². The minimum atomic E-state index is 0.131. The monoisotopic (exact) mass is 419 g/mol. The molecular formula is C19H22BrN3OS. The molecule has 132 valence electrons. The van der Waals surface area contributed by atoms with Crippen molar-refractivity contribution in [2.24, 2.45) is 0 Å². The first-order valence-electron chi connectivity index (χ1n) is 8.39. The van der Waals surface area contributed by atoms with Crippen LogP contribution in [0.4, 0.5) is 5.69 Å². The Labute approximate surface area is 162 Å². The number of rotatable bonds is 5. The number of nitrogens with one attached hydrogen (secondary N) is 2. The van der Waals surface area contributed by atoms with Crippen molar-refractivity contribution < 1.29 is 4.74 Å². The van der Waals surface area contributed by atoms with Gasteiger partial charge in [-0.3, -0.25) is 4.90 Å². The second-order valence-electron chi connectivity index (χ2n) is 5.99. The summed E-state index contributed by atoms with van der Waals surface area (Å²) >= 11 is 9.03. The summed E-state index contributed by atoms with van der Waals surface area (Å²) in [4.78, 5) is 2.41. The standard InChI is InChI=1S/C19H22BrN3OS/c20-16-7-4-8-17(13-16)21-19(25)22-18(15-5-2-1-3-6-15)14-23-9-11-24-12-10-23/h1-8,13,18H,9-12,14H2,(H2,21,22,25)/t18-/m0/s1. The highest BCUT2D eigenvalue weighted by Gasteiger charge is 2.19. The predicted molar refractivity (Wildman–Crippen MR) is 110 cm³/mol. The third kappa shape index (κ3) is 5.78. The number of ether oxygens (including phenoxy) is 1. The van der Waals surface area contributed by atoms with Crippen LogP contribution in [0.2, 0.25) is 0 Å². The molecular weight excluding hydrogens is 398 g/mol. The molecule has 0 bridgehead atoms. The Morgan fingerprint density at radius 1 is 1.12 bits per heavy atom. The van der Waals surface area contributed by atoms with Gasteiger partial charge in [-0.15, -0.1) is 0 Å². The van der Waals surface area contributed by atoms with Gasteiger partial charge in [0.15, 0.2) is 5.11 Å². The number of halogens is 1. The normalized spacial score (nSPS) is 16.2. The largest absolute Gasteiger partial charge is 0.379 e. The molecule has 4 nitrogen and oxygen atoms in total. The summed E-state index contributed by atoms with van der Waals surface area (Å²) in [7, 11) is 0. The molecule has 0 spiro atoms. The summed E-state index contributed by atoms with van der Waals surface area (Å²) in [6, 6.07) is 18.6. The molecule has 0 saturated carbocycles. The quantitative estimate of drug-likeness (QED) is 0.720. The third-order valence-corrected chi connectivity index (χ3v) is 4.85. The number of hydrogen-bond acceptors (Lipinski definition) is 3. The van der Waals surface area contributed by atoms with E-state index in [0.717, 1.165) is 43.0 Å². The molecule has 25 heavy (non-hydrogen) atoms. The van der Waals surface area contributed by atoms with Crippen molar-refractivity contribution in [3.8, 4) is 0 Å². The minimum Gasteiger partial charge on any atom is -0.379 e. The van der Waals surface area contributed by atoms with Crippen LogP contribution in [0.15, 0.2) is 59.1 Å². The van der Waals surface area contributed by atoms with Gasteiger partial charge in [-0.05, 0) is 36.0 Å². The second kappa shape index (κ2) is 9.29. The molecule has 1 heterocycles. The zero-order valence-electron chi connectivity index (χ0n) is 14.0.